The quantitative estimate of drug-likeness (QED) is 0.940. The number of nitrogens with one attached hydrogen (secondary N) is 1. The Bertz CT molecular complexity index is 783. The molecule has 1 amide bonds. The normalized spacial score (nSPS) is 17.2. The highest BCUT2D eigenvalue weighted by Gasteiger charge is 2.23. The van der Waals surface area contributed by atoms with E-state index in [2.05, 4.69) is 28.3 Å². The minimum absolute atomic E-state index is 0.0576. The average molecular weight is 321 g/mol. The number of carbonyl (C=O) groups excluding carboxylic acids is 1. The second-order valence-corrected chi connectivity index (χ2v) is 6.08. The molecule has 6 heteroatoms. The number of nitrogens with zero attached hydrogens (tertiary/aromatic N) is 4. The summed E-state index contributed by atoms with van der Waals surface area (Å²) in [7, 11) is 0. The zero-order valence-electron chi connectivity index (χ0n) is 13.6. The molecule has 0 radical (unpaired) electrons. The fourth-order valence-corrected chi connectivity index (χ4v) is 2.87. The van der Waals surface area contributed by atoms with Crippen molar-refractivity contribution in [3.8, 4) is 6.07 Å². The maximum atomic E-state index is 12.6. The Morgan fingerprint density at radius 3 is 3.08 bits per heavy atom. The van der Waals surface area contributed by atoms with E-state index in [1.165, 1.54) is 0 Å². The van der Waals surface area contributed by atoms with Gasteiger partial charge in [-0.05, 0) is 43.0 Å². The lowest BCUT2D eigenvalue weighted by Crippen LogP contribution is -2.39. The summed E-state index contributed by atoms with van der Waals surface area (Å²) in [5.74, 6) is 0.814. The van der Waals surface area contributed by atoms with Crippen molar-refractivity contribution in [2.75, 3.05) is 18.4 Å². The lowest BCUT2D eigenvalue weighted by Gasteiger charge is -2.30. The van der Waals surface area contributed by atoms with Crippen molar-refractivity contribution >= 4 is 17.5 Å². The van der Waals surface area contributed by atoms with Gasteiger partial charge in [0.25, 0.3) is 5.91 Å². The summed E-state index contributed by atoms with van der Waals surface area (Å²) in [6, 6.07) is 10.8. The predicted molar refractivity (Wildman–Crippen MR) is 90.8 cm³/mol. The number of nitriles is 1. The molecule has 1 aromatic heterocycles. The van der Waals surface area contributed by atoms with Crippen molar-refractivity contribution in [2.45, 2.75) is 19.8 Å². The second-order valence-electron chi connectivity index (χ2n) is 6.08. The summed E-state index contributed by atoms with van der Waals surface area (Å²) in [6.07, 6.45) is 3.77. The van der Waals surface area contributed by atoms with Crippen LogP contribution in [0.15, 0.2) is 36.5 Å². The molecule has 24 heavy (non-hydrogen) atoms. The molecule has 2 aromatic rings. The zero-order valence-corrected chi connectivity index (χ0v) is 13.6. The third-order valence-corrected chi connectivity index (χ3v) is 4.07. The Morgan fingerprint density at radius 1 is 1.42 bits per heavy atom. The van der Waals surface area contributed by atoms with Gasteiger partial charge < -0.3 is 10.2 Å². The van der Waals surface area contributed by atoms with Crippen LogP contribution in [0.3, 0.4) is 0 Å². The molecule has 3 rings (SSSR count). The summed E-state index contributed by atoms with van der Waals surface area (Å²) in [5.41, 5.74) is 1.65. The zero-order chi connectivity index (χ0) is 16.9. The van der Waals surface area contributed by atoms with Crippen LogP contribution < -0.4 is 5.32 Å². The summed E-state index contributed by atoms with van der Waals surface area (Å²) >= 11 is 0. The molecule has 0 spiro atoms. The van der Waals surface area contributed by atoms with Gasteiger partial charge in [-0.1, -0.05) is 13.0 Å². The van der Waals surface area contributed by atoms with Crippen molar-refractivity contribution in [1.29, 1.82) is 5.26 Å². The molecule has 1 aliphatic heterocycles. The molecule has 0 saturated carbocycles. The molecule has 1 aromatic carbocycles. The molecular weight excluding hydrogens is 302 g/mol. The van der Waals surface area contributed by atoms with Crippen molar-refractivity contribution in [2.24, 2.45) is 5.92 Å². The Morgan fingerprint density at radius 2 is 2.29 bits per heavy atom. The van der Waals surface area contributed by atoms with Crippen LogP contribution >= 0.6 is 0 Å². The molecule has 1 fully saturated rings. The summed E-state index contributed by atoms with van der Waals surface area (Å²) in [4.78, 5) is 23.0. The second kappa shape index (κ2) is 7.09. The Balaban J connectivity index is 1.76. The van der Waals surface area contributed by atoms with Crippen LogP contribution in [-0.2, 0) is 0 Å². The maximum Gasteiger partial charge on any atom is 0.272 e. The number of hydrogen-bond donors (Lipinski definition) is 1. The minimum atomic E-state index is -0.0576. The SMILES string of the molecule is CC1CCCN(C(=O)c2ccnc(Nc3cccc(C#N)c3)n2)C1. The first-order valence-electron chi connectivity index (χ1n) is 8.05. The number of carbonyl (C=O) groups is 1. The van der Waals surface area contributed by atoms with Crippen molar-refractivity contribution < 1.29 is 4.79 Å². The van der Waals surface area contributed by atoms with Crippen LogP contribution in [0.4, 0.5) is 11.6 Å². The summed E-state index contributed by atoms with van der Waals surface area (Å²) in [5, 5.41) is 12.0. The molecule has 0 aliphatic carbocycles. The van der Waals surface area contributed by atoms with Crippen LogP contribution in [0.5, 0.6) is 0 Å². The van der Waals surface area contributed by atoms with E-state index in [-0.39, 0.29) is 5.91 Å². The Hall–Kier alpha value is -2.94. The molecule has 1 N–H and O–H groups in total. The van der Waals surface area contributed by atoms with Gasteiger partial charge >= 0.3 is 0 Å². The van der Waals surface area contributed by atoms with Crippen molar-refractivity contribution in [3.05, 3.63) is 47.8 Å². The monoisotopic (exact) mass is 321 g/mol. The Labute approximate surface area is 141 Å². The van der Waals surface area contributed by atoms with Gasteiger partial charge in [0.15, 0.2) is 0 Å². The van der Waals surface area contributed by atoms with Crippen LogP contribution in [0.2, 0.25) is 0 Å². The predicted octanol–water partition coefficient (Wildman–Crippen LogP) is 2.96. The van der Waals surface area contributed by atoms with Crippen molar-refractivity contribution in [3.63, 3.8) is 0 Å². The van der Waals surface area contributed by atoms with Gasteiger partial charge in [0, 0.05) is 25.0 Å². The number of likely N-dealkylation sites (tertiary alicyclic amines) is 1. The highest BCUT2D eigenvalue weighted by Crippen LogP contribution is 2.18. The van der Waals surface area contributed by atoms with E-state index in [1.807, 2.05) is 11.0 Å². The average Bonchev–Trinajstić information content (AvgIpc) is 2.61. The first-order chi connectivity index (χ1) is 11.7. The van der Waals surface area contributed by atoms with Gasteiger partial charge in [0.1, 0.15) is 5.69 Å². The molecule has 2 heterocycles. The van der Waals surface area contributed by atoms with E-state index in [0.29, 0.717) is 28.8 Å². The molecular formula is C18H19N5O. The van der Waals surface area contributed by atoms with Gasteiger partial charge in [-0.15, -0.1) is 0 Å². The first kappa shape index (κ1) is 15.9. The standard InChI is InChI=1S/C18H19N5O/c1-13-4-3-9-23(12-13)17(24)16-7-8-20-18(22-16)21-15-6-2-5-14(10-15)11-19/h2,5-8,10,13H,3-4,9,12H2,1H3,(H,20,21,22). The van der Waals surface area contributed by atoms with E-state index in [1.54, 1.807) is 30.5 Å². The van der Waals surface area contributed by atoms with E-state index < -0.39 is 0 Å². The topological polar surface area (TPSA) is 81.9 Å². The highest BCUT2D eigenvalue weighted by molar-refractivity contribution is 5.92. The first-order valence-corrected chi connectivity index (χ1v) is 8.05. The molecule has 0 bridgehead atoms. The third-order valence-electron chi connectivity index (χ3n) is 4.07. The third kappa shape index (κ3) is 3.69. The number of anilines is 2. The Kier molecular flexibility index (Phi) is 4.71. The molecule has 1 atom stereocenters. The van der Waals surface area contributed by atoms with E-state index in [0.717, 1.165) is 25.9 Å². The summed E-state index contributed by atoms with van der Waals surface area (Å²) in [6.45, 7) is 3.71. The number of amides is 1. The van der Waals surface area contributed by atoms with Gasteiger partial charge in [0.05, 0.1) is 11.6 Å². The smallest absolute Gasteiger partial charge is 0.272 e. The van der Waals surface area contributed by atoms with Gasteiger partial charge in [-0.25, -0.2) is 9.97 Å². The molecule has 1 unspecified atom stereocenters. The fourth-order valence-electron chi connectivity index (χ4n) is 2.87. The minimum Gasteiger partial charge on any atom is -0.337 e. The van der Waals surface area contributed by atoms with Crippen LogP contribution in [0, 0.1) is 17.2 Å². The van der Waals surface area contributed by atoms with Gasteiger partial charge in [-0.2, -0.15) is 5.26 Å². The van der Waals surface area contributed by atoms with Crippen LogP contribution in [0.25, 0.3) is 0 Å². The number of hydrogen-bond acceptors (Lipinski definition) is 5. The van der Waals surface area contributed by atoms with Gasteiger partial charge in [-0.3, -0.25) is 4.79 Å². The van der Waals surface area contributed by atoms with Gasteiger partial charge in [0.2, 0.25) is 5.95 Å². The number of piperidine rings is 1. The van der Waals surface area contributed by atoms with E-state index >= 15 is 0 Å². The molecule has 1 aliphatic rings. The van der Waals surface area contributed by atoms with Crippen LogP contribution in [-0.4, -0.2) is 33.9 Å². The lowest BCUT2D eigenvalue weighted by molar-refractivity contribution is 0.0677. The van der Waals surface area contributed by atoms with E-state index in [4.69, 9.17) is 5.26 Å². The number of rotatable bonds is 3. The fraction of sp³-hybridized carbons (Fsp3) is 0.333. The maximum absolute atomic E-state index is 12.6. The molecule has 1 saturated heterocycles. The number of aromatic nitrogens is 2. The largest absolute Gasteiger partial charge is 0.337 e. The van der Waals surface area contributed by atoms with Crippen molar-refractivity contribution in [1.82, 2.24) is 14.9 Å². The molecule has 122 valence electrons. The highest BCUT2D eigenvalue weighted by atomic mass is 16.2. The summed E-state index contributed by atoms with van der Waals surface area (Å²) < 4.78 is 0. The number of benzene rings is 1. The lowest BCUT2D eigenvalue weighted by atomic mass is 10.00. The van der Waals surface area contributed by atoms with E-state index in [9.17, 15) is 4.79 Å². The molecule has 6 nitrogen and oxygen atoms in total. The van der Waals surface area contributed by atoms with Crippen LogP contribution in [0.1, 0.15) is 35.8 Å².